The molecule has 7 heteroatoms. The van der Waals surface area contributed by atoms with Crippen LogP contribution in [0.5, 0.6) is 0 Å². The first kappa shape index (κ1) is 20.4. The number of nitro groups is 1. The first-order chi connectivity index (χ1) is 12.7. The molecular weight excluding hydrogens is 344 g/mol. The molecule has 0 saturated heterocycles. The lowest BCUT2D eigenvalue weighted by Gasteiger charge is -2.26. The van der Waals surface area contributed by atoms with Crippen LogP contribution in [0.25, 0.3) is 0 Å². The van der Waals surface area contributed by atoms with E-state index in [9.17, 15) is 14.9 Å². The summed E-state index contributed by atoms with van der Waals surface area (Å²) in [6.07, 6.45) is 0. The Hall–Kier alpha value is -2.93. The van der Waals surface area contributed by atoms with E-state index in [-0.39, 0.29) is 23.2 Å². The fourth-order valence-corrected chi connectivity index (χ4v) is 2.83. The Balaban J connectivity index is 2.13. The number of amides is 1. The van der Waals surface area contributed by atoms with Gasteiger partial charge in [-0.05, 0) is 44.8 Å². The van der Waals surface area contributed by atoms with Crippen molar-refractivity contribution in [3.63, 3.8) is 0 Å². The Bertz CT molecular complexity index is 816. The smallest absolute Gasteiger partial charge is 0.273 e. The van der Waals surface area contributed by atoms with Gasteiger partial charge in [0.05, 0.1) is 11.0 Å². The summed E-state index contributed by atoms with van der Waals surface area (Å²) in [7, 11) is 7.87. The van der Waals surface area contributed by atoms with Gasteiger partial charge in [-0.25, -0.2) is 0 Å². The molecule has 1 amide bonds. The van der Waals surface area contributed by atoms with Crippen LogP contribution in [0.3, 0.4) is 0 Å². The third kappa shape index (κ3) is 5.04. The third-order valence-electron chi connectivity index (χ3n) is 4.54. The predicted octanol–water partition coefficient (Wildman–Crippen LogP) is 3.00. The number of nitro benzene ring substituents is 1. The molecule has 0 heterocycles. The van der Waals surface area contributed by atoms with Crippen LogP contribution in [0, 0.1) is 17.0 Å². The van der Waals surface area contributed by atoms with Gasteiger partial charge in [0, 0.05) is 43.5 Å². The standard InChI is InChI=1S/C20H26N4O3/c1-14-6-7-16(12-18(14)24(26)27)20(25)21-13-19(23(4)5)15-8-10-17(11-9-15)22(2)3/h6-12,19H,13H2,1-5H3,(H,21,25)/t19-/m1/s1. The number of anilines is 1. The minimum Gasteiger partial charge on any atom is -0.378 e. The minimum atomic E-state index is -0.471. The highest BCUT2D eigenvalue weighted by molar-refractivity contribution is 5.95. The number of aryl methyl sites for hydroxylation is 1. The van der Waals surface area contributed by atoms with Crippen LogP contribution in [-0.2, 0) is 0 Å². The summed E-state index contributed by atoms with van der Waals surface area (Å²) >= 11 is 0. The van der Waals surface area contributed by atoms with Crippen molar-refractivity contribution in [1.29, 1.82) is 0 Å². The summed E-state index contributed by atoms with van der Waals surface area (Å²) in [5, 5.41) is 14.0. The average Bonchev–Trinajstić information content (AvgIpc) is 2.62. The van der Waals surface area contributed by atoms with Crippen molar-refractivity contribution in [1.82, 2.24) is 10.2 Å². The Kier molecular flexibility index (Phi) is 6.52. The lowest BCUT2D eigenvalue weighted by atomic mass is 10.0. The van der Waals surface area contributed by atoms with E-state index in [4.69, 9.17) is 0 Å². The first-order valence-corrected chi connectivity index (χ1v) is 8.67. The number of likely N-dealkylation sites (N-methyl/N-ethyl adjacent to an activating group) is 1. The van der Waals surface area contributed by atoms with Crippen molar-refractivity contribution in [2.75, 3.05) is 39.6 Å². The molecule has 2 aromatic carbocycles. The number of hydrogen-bond acceptors (Lipinski definition) is 5. The maximum atomic E-state index is 12.5. The number of rotatable bonds is 7. The van der Waals surface area contributed by atoms with Gasteiger partial charge in [0.15, 0.2) is 0 Å². The summed E-state index contributed by atoms with van der Waals surface area (Å²) in [5.41, 5.74) is 2.95. The van der Waals surface area contributed by atoms with Crippen molar-refractivity contribution in [2.24, 2.45) is 0 Å². The molecule has 1 N–H and O–H groups in total. The fourth-order valence-electron chi connectivity index (χ4n) is 2.83. The van der Waals surface area contributed by atoms with Crippen LogP contribution in [0.15, 0.2) is 42.5 Å². The molecule has 2 aromatic rings. The monoisotopic (exact) mass is 370 g/mol. The zero-order valence-electron chi connectivity index (χ0n) is 16.4. The number of benzene rings is 2. The molecule has 0 aliphatic rings. The quantitative estimate of drug-likeness (QED) is 0.599. The van der Waals surface area contributed by atoms with Gasteiger partial charge < -0.3 is 15.1 Å². The molecule has 0 unspecified atom stereocenters. The molecule has 0 aromatic heterocycles. The van der Waals surface area contributed by atoms with Gasteiger partial charge in [0.25, 0.3) is 11.6 Å². The second-order valence-corrected chi connectivity index (χ2v) is 6.93. The molecule has 0 aliphatic carbocycles. The first-order valence-electron chi connectivity index (χ1n) is 8.67. The predicted molar refractivity (Wildman–Crippen MR) is 107 cm³/mol. The summed E-state index contributed by atoms with van der Waals surface area (Å²) in [5.74, 6) is -0.324. The van der Waals surface area contributed by atoms with Crippen LogP contribution in [0.1, 0.15) is 27.5 Å². The van der Waals surface area contributed by atoms with Gasteiger partial charge in [-0.2, -0.15) is 0 Å². The van der Waals surface area contributed by atoms with E-state index in [0.29, 0.717) is 12.1 Å². The van der Waals surface area contributed by atoms with Crippen LogP contribution >= 0.6 is 0 Å². The van der Waals surface area contributed by atoms with E-state index in [1.54, 1.807) is 19.1 Å². The second kappa shape index (κ2) is 8.64. The lowest BCUT2D eigenvalue weighted by Crippen LogP contribution is -2.34. The molecule has 7 nitrogen and oxygen atoms in total. The summed E-state index contributed by atoms with van der Waals surface area (Å²) in [6, 6.07) is 12.7. The van der Waals surface area contributed by atoms with Crippen LogP contribution in [0.2, 0.25) is 0 Å². The average molecular weight is 370 g/mol. The number of carbonyl (C=O) groups excluding carboxylic acids is 1. The highest BCUT2D eigenvalue weighted by Crippen LogP contribution is 2.22. The Morgan fingerprint density at radius 2 is 1.74 bits per heavy atom. The Labute approximate surface area is 159 Å². The number of carbonyl (C=O) groups is 1. The molecule has 0 aliphatic heterocycles. The molecule has 2 rings (SSSR count). The highest BCUT2D eigenvalue weighted by Gasteiger charge is 2.18. The van der Waals surface area contributed by atoms with E-state index in [1.807, 2.05) is 62.3 Å². The number of hydrogen-bond donors (Lipinski definition) is 1. The van der Waals surface area contributed by atoms with Crippen molar-refractivity contribution in [3.8, 4) is 0 Å². The van der Waals surface area contributed by atoms with Crippen molar-refractivity contribution in [3.05, 3.63) is 69.3 Å². The third-order valence-corrected chi connectivity index (χ3v) is 4.54. The van der Waals surface area contributed by atoms with Crippen LogP contribution < -0.4 is 10.2 Å². The fraction of sp³-hybridized carbons (Fsp3) is 0.350. The summed E-state index contributed by atoms with van der Waals surface area (Å²) in [6.45, 7) is 2.05. The van der Waals surface area contributed by atoms with Crippen LogP contribution in [-0.4, -0.2) is 50.5 Å². The van der Waals surface area contributed by atoms with E-state index >= 15 is 0 Å². The Morgan fingerprint density at radius 3 is 2.26 bits per heavy atom. The van der Waals surface area contributed by atoms with E-state index in [1.165, 1.54) is 6.07 Å². The molecule has 0 radical (unpaired) electrons. The molecule has 0 saturated carbocycles. The van der Waals surface area contributed by atoms with E-state index < -0.39 is 4.92 Å². The van der Waals surface area contributed by atoms with Crippen molar-refractivity contribution in [2.45, 2.75) is 13.0 Å². The largest absolute Gasteiger partial charge is 0.378 e. The van der Waals surface area contributed by atoms with Crippen LogP contribution in [0.4, 0.5) is 11.4 Å². The maximum Gasteiger partial charge on any atom is 0.273 e. The maximum absolute atomic E-state index is 12.5. The molecular formula is C20H26N4O3. The number of nitrogens with zero attached hydrogens (tertiary/aromatic N) is 3. The lowest BCUT2D eigenvalue weighted by molar-refractivity contribution is -0.385. The zero-order chi connectivity index (χ0) is 20.1. The molecule has 1 atom stereocenters. The van der Waals surface area contributed by atoms with E-state index in [2.05, 4.69) is 5.32 Å². The van der Waals surface area contributed by atoms with Gasteiger partial charge in [0.2, 0.25) is 0 Å². The Morgan fingerprint density at radius 1 is 1.11 bits per heavy atom. The zero-order valence-corrected chi connectivity index (χ0v) is 16.4. The van der Waals surface area contributed by atoms with Gasteiger partial charge in [0.1, 0.15) is 0 Å². The molecule has 144 valence electrons. The van der Waals surface area contributed by atoms with Crippen molar-refractivity contribution >= 4 is 17.3 Å². The van der Waals surface area contributed by atoms with Gasteiger partial charge >= 0.3 is 0 Å². The molecule has 0 bridgehead atoms. The van der Waals surface area contributed by atoms with Crippen molar-refractivity contribution < 1.29 is 9.72 Å². The molecule has 0 spiro atoms. The second-order valence-electron chi connectivity index (χ2n) is 6.93. The topological polar surface area (TPSA) is 78.7 Å². The molecule has 0 fully saturated rings. The highest BCUT2D eigenvalue weighted by atomic mass is 16.6. The minimum absolute atomic E-state index is 0.00871. The van der Waals surface area contributed by atoms with E-state index in [0.717, 1.165) is 11.3 Å². The summed E-state index contributed by atoms with van der Waals surface area (Å²) < 4.78 is 0. The van der Waals surface area contributed by atoms with Gasteiger partial charge in [-0.1, -0.05) is 18.2 Å². The molecule has 27 heavy (non-hydrogen) atoms. The number of nitrogens with one attached hydrogen (secondary N) is 1. The SMILES string of the molecule is Cc1ccc(C(=O)NC[C@H](c2ccc(N(C)C)cc2)N(C)C)cc1[N+](=O)[O-]. The van der Waals surface area contributed by atoms with Gasteiger partial charge in [-0.3, -0.25) is 14.9 Å². The normalized spacial score (nSPS) is 11.9. The summed E-state index contributed by atoms with van der Waals surface area (Å²) in [4.78, 5) is 27.1. The van der Waals surface area contributed by atoms with Gasteiger partial charge in [-0.15, -0.1) is 0 Å².